The zero-order valence-corrected chi connectivity index (χ0v) is 19.6. The van der Waals surface area contributed by atoms with Crippen molar-refractivity contribution in [1.82, 2.24) is 10.3 Å². The Morgan fingerprint density at radius 3 is 2.52 bits per heavy atom. The first-order chi connectivity index (χ1) is 15.8. The molecule has 172 valence electrons. The minimum absolute atomic E-state index is 0.200. The highest BCUT2D eigenvalue weighted by atomic mass is 32.2. The van der Waals surface area contributed by atoms with E-state index < -0.39 is 10.8 Å². The fraction of sp³-hybridized carbons (Fsp3) is 0.304. The van der Waals surface area contributed by atoms with Crippen LogP contribution in [0.25, 0.3) is 0 Å². The van der Waals surface area contributed by atoms with Gasteiger partial charge in [0.2, 0.25) is 16.7 Å². The number of amides is 3. The van der Waals surface area contributed by atoms with Crippen LogP contribution in [-0.4, -0.2) is 48.2 Å². The number of aryl methyl sites for hydroxylation is 1. The van der Waals surface area contributed by atoms with E-state index in [1.807, 2.05) is 37.3 Å². The first-order valence-corrected chi connectivity index (χ1v) is 11.1. The number of rotatable bonds is 5. The van der Waals surface area contributed by atoms with Crippen molar-refractivity contribution in [2.75, 3.05) is 25.2 Å². The van der Waals surface area contributed by atoms with E-state index in [4.69, 9.17) is 9.47 Å². The summed E-state index contributed by atoms with van der Waals surface area (Å²) < 4.78 is 11.2. The molecule has 1 N–H and O–H groups in total. The van der Waals surface area contributed by atoms with Crippen molar-refractivity contribution in [2.24, 2.45) is 5.10 Å². The van der Waals surface area contributed by atoms with Crippen LogP contribution in [0.2, 0.25) is 0 Å². The second-order valence-corrected chi connectivity index (χ2v) is 8.77. The first-order valence-electron chi connectivity index (χ1n) is 10.3. The number of nitrogens with zero attached hydrogens (tertiary/aromatic N) is 3. The molecule has 4 rings (SSSR count). The SMILES string of the molecule is COc1ccccc1OCCN1C(=O)[C@@]2(SC(NC(C)=O)=NN2C(C)=O)c2cccc(C)c21. The molecule has 0 saturated carbocycles. The Bertz CT molecular complexity index is 1170. The Balaban J connectivity index is 1.67. The molecule has 3 amide bonds. The van der Waals surface area contributed by atoms with Crippen molar-refractivity contribution in [2.45, 2.75) is 25.6 Å². The summed E-state index contributed by atoms with van der Waals surface area (Å²) in [6.45, 7) is 5.06. The van der Waals surface area contributed by atoms with Crippen LogP contribution in [0.4, 0.5) is 5.69 Å². The highest BCUT2D eigenvalue weighted by molar-refractivity contribution is 8.15. The molecule has 2 aliphatic rings. The van der Waals surface area contributed by atoms with Crippen molar-refractivity contribution < 1.29 is 23.9 Å². The lowest BCUT2D eigenvalue weighted by molar-refractivity contribution is -0.139. The number of fused-ring (bicyclic) bond motifs is 2. The molecule has 0 fully saturated rings. The molecule has 0 radical (unpaired) electrons. The Hall–Kier alpha value is -3.53. The lowest BCUT2D eigenvalue weighted by atomic mass is 10.0. The fourth-order valence-electron chi connectivity index (χ4n) is 4.05. The van der Waals surface area contributed by atoms with Gasteiger partial charge in [0.1, 0.15) is 6.61 Å². The number of methoxy groups -OCH3 is 1. The minimum Gasteiger partial charge on any atom is -0.493 e. The summed E-state index contributed by atoms with van der Waals surface area (Å²) in [5.41, 5.74) is 2.24. The van der Waals surface area contributed by atoms with Crippen molar-refractivity contribution >= 4 is 40.3 Å². The standard InChI is InChI=1S/C23H24N4O5S/c1-14-8-7-9-17-20(14)26(12-13-32-19-11-6-5-10-18(19)31-4)21(30)23(17)27(16(3)29)25-22(33-23)24-15(2)28/h5-11H,12-13H2,1-4H3,(H,24,25,28)/t23-/m0/s1. The number of thioether (sulfide) groups is 1. The van der Waals surface area contributed by atoms with Gasteiger partial charge >= 0.3 is 0 Å². The van der Waals surface area contributed by atoms with E-state index in [2.05, 4.69) is 10.4 Å². The minimum atomic E-state index is -1.42. The molecule has 9 nitrogen and oxygen atoms in total. The molecule has 1 spiro atoms. The van der Waals surface area contributed by atoms with Gasteiger partial charge < -0.3 is 19.7 Å². The van der Waals surface area contributed by atoms with E-state index in [1.54, 1.807) is 24.1 Å². The molecule has 0 unspecified atom stereocenters. The third-order valence-electron chi connectivity index (χ3n) is 5.36. The molecule has 2 aromatic carbocycles. The summed E-state index contributed by atoms with van der Waals surface area (Å²) in [5.74, 6) is 0.110. The van der Waals surface area contributed by atoms with Gasteiger partial charge in [-0.2, -0.15) is 5.01 Å². The number of ether oxygens (including phenoxy) is 2. The quantitative estimate of drug-likeness (QED) is 0.724. The molecule has 0 bridgehead atoms. The van der Waals surface area contributed by atoms with E-state index in [0.29, 0.717) is 22.7 Å². The molecule has 1 atom stereocenters. The number of benzene rings is 2. The second-order valence-electron chi connectivity index (χ2n) is 7.59. The number of hydrazone groups is 1. The van der Waals surface area contributed by atoms with Crippen molar-refractivity contribution in [3.05, 3.63) is 53.6 Å². The van der Waals surface area contributed by atoms with Gasteiger partial charge in [-0.25, -0.2) is 0 Å². The van der Waals surface area contributed by atoms with Gasteiger partial charge in [-0.3, -0.25) is 14.4 Å². The topological polar surface area (TPSA) is 101 Å². The molecule has 2 heterocycles. The summed E-state index contributed by atoms with van der Waals surface area (Å²) >= 11 is 1.06. The highest BCUT2D eigenvalue weighted by Gasteiger charge is 2.61. The van der Waals surface area contributed by atoms with Crippen LogP contribution in [0.3, 0.4) is 0 Å². The van der Waals surface area contributed by atoms with Crippen molar-refractivity contribution in [1.29, 1.82) is 0 Å². The van der Waals surface area contributed by atoms with Crippen LogP contribution in [0, 0.1) is 6.92 Å². The predicted molar refractivity (Wildman–Crippen MR) is 125 cm³/mol. The third-order valence-corrected chi connectivity index (χ3v) is 6.60. The summed E-state index contributed by atoms with van der Waals surface area (Å²) in [5, 5.41) is 8.23. The molecule has 2 aromatic rings. The van der Waals surface area contributed by atoms with E-state index in [9.17, 15) is 14.4 Å². The van der Waals surface area contributed by atoms with Gasteiger partial charge in [0.15, 0.2) is 16.7 Å². The molecule has 0 saturated heterocycles. The van der Waals surface area contributed by atoms with E-state index in [1.165, 1.54) is 13.8 Å². The third kappa shape index (κ3) is 3.80. The maximum absolute atomic E-state index is 13.9. The van der Waals surface area contributed by atoms with Gasteiger partial charge in [0, 0.05) is 19.4 Å². The molecule has 0 aliphatic carbocycles. The van der Waals surface area contributed by atoms with Gasteiger partial charge in [0.05, 0.1) is 19.3 Å². The molecule has 0 aromatic heterocycles. The maximum atomic E-state index is 13.9. The molecule has 10 heteroatoms. The zero-order chi connectivity index (χ0) is 23.8. The number of carbonyl (C=O) groups is 3. The monoisotopic (exact) mass is 468 g/mol. The fourth-order valence-corrected chi connectivity index (χ4v) is 5.38. The Labute approximate surface area is 195 Å². The Kier molecular flexibility index (Phi) is 6.03. The number of hydrogen-bond donors (Lipinski definition) is 1. The largest absolute Gasteiger partial charge is 0.493 e. The molecular formula is C23H24N4O5S. The highest BCUT2D eigenvalue weighted by Crippen LogP contribution is 2.55. The lowest BCUT2D eigenvalue weighted by Gasteiger charge is -2.29. The van der Waals surface area contributed by atoms with E-state index >= 15 is 0 Å². The Morgan fingerprint density at radius 2 is 1.85 bits per heavy atom. The molecular weight excluding hydrogens is 444 g/mol. The number of para-hydroxylation sites is 3. The van der Waals surface area contributed by atoms with Crippen LogP contribution < -0.4 is 19.7 Å². The van der Waals surface area contributed by atoms with Crippen LogP contribution in [0.5, 0.6) is 11.5 Å². The number of nitrogens with one attached hydrogen (secondary N) is 1. The predicted octanol–water partition coefficient (Wildman–Crippen LogP) is 2.58. The van der Waals surface area contributed by atoms with Crippen LogP contribution >= 0.6 is 11.8 Å². The van der Waals surface area contributed by atoms with Crippen molar-refractivity contribution in [3.63, 3.8) is 0 Å². The summed E-state index contributed by atoms with van der Waals surface area (Å²) in [7, 11) is 1.57. The average molecular weight is 469 g/mol. The Morgan fingerprint density at radius 1 is 1.12 bits per heavy atom. The first kappa shape index (κ1) is 22.7. The molecule has 33 heavy (non-hydrogen) atoms. The lowest BCUT2D eigenvalue weighted by Crippen LogP contribution is -2.49. The summed E-state index contributed by atoms with van der Waals surface area (Å²) in [4.78, 5) is 38.3. The summed E-state index contributed by atoms with van der Waals surface area (Å²) in [6, 6.07) is 12.8. The van der Waals surface area contributed by atoms with Crippen LogP contribution in [-0.2, 0) is 19.3 Å². The number of hydrogen-bond acceptors (Lipinski definition) is 7. The van der Waals surface area contributed by atoms with Crippen LogP contribution in [0.15, 0.2) is 47.6 Å². The average Bonchev–Trinajstić information content (AvgIpc) is 3.26. The van der Waals surface area contributed by atoms with E-state index in [-0.39, 0.29) is 30.1 Å². The number of carbonyl (C=O) groups excluding carboxylic acids is 3. The van der Waals surface area contributed by atoms with Crippen LogP contribution in [0.1, 0.15) is 25.0 Å². The van der Waals surface area contributed by atoms with Gasteiger partial charge in [-0.15, -0.1) is 5.10 Å². The van der Waals surface area contributed by atoms with Gasteiger partial charge in [-0.05, 0) is 36.4 Å². The van der Waals surface area contributed by atoms with E-state index in [0.717, 1.165) is 22.3 Å². The maximum Gasteiger partial charge on any atom is 0.270 e. The summed E-state index contributed by atoms with van der Waals surface area (Å²) in [6.07, 6.45) is 0. The van der Waals surface area contributed by atoms with Crippen molar-refractivity contribution in [3.8, 4) is 11.5 Å². The van der Waals surface area contributed by atoms with Gasteiger partial charge in [-0.1, -0.05) is 30.3 Å². The molecule has 2 aliphatic heterocycles. The second kappa shape index (κ2) is 8.78. The van der Waals surface area contributed by atoms with Gasteiger partial charge in [0.25, 0.3) is 5.91 Å². The number of amidine groups is 1. The number of anilines is 1. The zero-order valence-electron chi connectivity index (χ0n) is 18.7. The normalized spacial score (nSPS) is 18.9. The smallest absolute Gasteiger partial charge is 0.270 e.